The molecule has 1 aromatic heterocycles. The largest absolute Gasteiger partial charge is 0.295 e. The summed E-state index contributed by atoms with van der Waals surface area (Å²) in [5.41, 5.74) is 0. The van der Waals surface area contributed by atoms with Crippen molar-refractivity contribution < 1.29 is 13.2 Å². The molecule has 5 nitrogen and oxygen atoms in total. The number of rotatable bonds is 2. The van der Waals surface area contributed by atoms with Crippen molar-refractivity contribution in [2.75, 3.05) is 11.4 Å². The van der Waals surface area contributed by atoms with E-state index >= 15 is 0 Å². The highest BCUT2D eigenvalue weighted by Crippen LogP contribution is 2.29. The second-order valence-corrected chi connectivity index (χ2v) is 7.49. The van der Waals surface area contributed by atoms with E-state index in [0.29, 0.717) is 0 Å². The summed E-state index contributed by atoms with van der Waals surface area (Å²) in [6, 6.07) is 1.41. The molecule has 0 N–H and O–H groups in total. The lowest BCUT2D eigenvalue weighted by molar-refractivity contribution is -0.117. The first-order chi connectivity index (χ1) is 8.29. The molecule has 2 rings (SSSR count). The Kier molecular flexibility index (Phi) is 3.73. The molecule has 1 aliphatic heterocycles. The molecule has 0 aromatic carbocycles. The molecule has 2 heterocycles. The van der Waals surface area contributed by atoms with Crippen molar-refractivity contribution in [3.05, 3.63) is 22.3 Å². The van der Waals surface area contributed by atoms with Crippen LogP contribution in [0.5, 0.6) is 0 Å². The van der Waals surface area contributed by atoms with Crippen LogP contribution in [-0.2, 0) is 13.8 Å². The standard InChI is InChI=1S/C9H7Cl3N2O3S/c10-6-2-8(13-3-7(6)11)14-4-5(1-9(14)15)18(12,16)17/h2-3,5H,1,4H2. The minimum absolute atomic E-state index is 0.0321. The number of hydrogen-bond acceptors (Lipinski definition) is 4. The summed E-state index contributed by atoms with van der Waals surface area (Å²) in [6.45, 7) is -0.0321. The van der Waals surface area contributed by atoms with Gasteiger partial charge in [0.15, 0.2) is 0 Å². The Hall–Kier alpha value is -0.560. The van der Waals surface area contributed by atoms with Gasteiger partial charge in [0.25, 0.3) is 0 Å². The molecule has 0 saturated carbocycles. The molecule has 18 heavy (non-hydrogen) atoms. The normalized spacial score (nSPS) is 20.5. The molecule has 0 aliphatic carbocycles. The van der Waals surface area contributed by atoms with Crippen LogP contribution in [0.2, 0.25) is 10.0 Å². The van der Waals surface area contributed by atoms with E-state index in [0.717, 1.165) is 0 Å². The van der Waals surface area contributed by atoms with E-state index in [2.05, 4.69) is 4.98 Å². The molecule has 0 bridgehead atoms. The van der Waals surface area contributed by atoms with E-state index in [9.17, 15) is 13.2 Å². The van der Waals surface area contributed by atoms with Crippen molar-refractivity contribution >= 4 is 54.7 Å². The van der Waals surface area contributed by atoms with Gasteiger partial charge in [-0.05, 0) is 0 Å². The number of carbonyl (C=O) groups excluding carboxylic acids is 1. The Balaban J connectivity index is 2.30. The van der Waals surface area contributed by atoms with Crippen LogP contribution in [0, 0.1) is 0 Å². The third kappa shape index (κ3) is 2.71. The number of amides is 1. The van der Waals surface area contributed by atoms with Gasteiger partial charge in [-0.2, -0.15) is 0 Å². The van der Waals surface area contributed by atoms with Gasteiger partial charge >= 0.3 is 0 Å². The number of halogens is 3. The summed E-state index contributed by atoms with van der Waals surface area (Å²) in [7, 11) is 1.47. The van der Waals surface area contributed by atoms with E-state index in [1.165, 1.54) is 17.2 Å². The van der Waals surface area contributed by atoms with E-state index in [1.54, 1.807) is 0 Å². The fourth-order valence-corrected chi connectivity index (χ4v) is 2.91. The van der Waals surface area contributed by atoms with Gasteiger partial charge in [-0.3, -0.25) is 9.69 Å². The Morgan fingerprint density at radius 3 is 2.50 bits per heavy atom. The second kappa shape index (κ2) is 4.85. The minimum atomic E-state index is -3.77. The SMILES string of the molecule is O=C1CC(S(=O)(=O)Cl)CN1c1cc(Cl)c(Cl)cn1. The predicted octanol–water partition coefficient (Wildman–Crippen LogP) is 2.06. The van der Waals surface area contributed by atoms with Crippen molar-refractivity contribution in [3.8, 4) is 0 Å². The molecular weight excluding hydrogens is 323 g/mol. The molecule has 0 spiro atoms. The number of pyridine rings is 1. The van der Waals surface area contributed by atoms with Crippen LogP contribution in [0.1, 0.15) is 6.42 Å². The second-order valence-electron chi connectivity index (χ2n) is 3.76. The molecule has 9 heteroatoms. The van der Waals surface area contributed by atoms with Gasteiger partial charge in [0.1, 0.15) is 11.1 Å². The van der Waals surface area contributed by atoms with Crippen molar-refractivity contribution in [1.29, 1.82) is 0 Å². The lowest BCUT2D eigenvalue weighted by Crippen LogP contribution is -2.27. The molecule has 0 radical (unpaired) electrons. The van der Waals surface area contributed by atoms with E-state index < -0.39 is 14.3 Å². The molecule has 1 aliphatic rings. The minimum Gasteiger partial charge on any atom is -0.295 e. The number of anilines is 1. The van der Waals surface area contributed by atoms with E-state index in [-0.39, 0.29) is 34.7 Å². The highest BCUT2D eigenvalue weighted by atomic mass is 35.7. The molecule has 1 amide bonds. The third-order valence-electron chi connectivity index (χ3n) is 2.56. The first-order valence-electron chi connectivity index (χ1n) is 4.84. The van der Waals surface area contributed by atoms with Gasteiger partial charge in [-0.15, -0.1) is 0 Å². The lowest BCUT2D eigenvalue weighted by Gasteiger charge is -2.15. The molecule has 1 unspecified atom stereocenters. The lowest BCUT2D eigenvalue weighted by atomic mass is 10.4. The van der Waals surface area contributed by atoms with E-state index in [4.69, 9.17) is 33.9 Å². The summed E-state index contributed by atoms with van der Waals surface area (Å²) in [5.74, 6) is -0.104. The highest BCUT2D eigenvalue weighted by Gasteiger charge is 2.38. The van der Waals surface area contributed by atoms with Crippen molar-refractivity contribution in [3.63, 3.8) is 0 Å². The van der Waals surface area contributed by atoms with Gasteiger partial charge in [0, 0.05) is 35.9 Å². The van der Waals surface area contributed by atoms with Crippen LogP contribution < -0.4 is 4.90 Å². The smallest absolute Gasteiger partial charge is 0.237 e. The van der Waals surface area contributed by atoms with Gasteiger partial charge in [0.2, 0.25) is 15.0 Å². The molecule has 98 valence electrons. The fraction of sp³-hybridized carbons (Fsp3) is 0.333. The average Bonchev–Trinajstić information content (AvgIpc) is 2.64. The third-order valence-corrected chi connectivity index (χ3v) is 5.14. The first kappa shape index (κ1) is 13.9. The van der Waals surface area contributed by atoms with Crippen LogP contribution in [0.25, 0.3) is 0 Å². The Morgan fingerprint density at radius 2 is 2.00 bits per heavy atom. The molecule has 1 aromatic rings. The Morgan fingerprint density at radius 1 is 1.33 bits per heavy atom. The van der Waals surface area contributed by atoms with Crippen LogP contribution in [0.4, 0.5) is 5.82 Å². The summed E-state index contributed by atoms with van der Waals surface area (Å²) in [6.07, 6.45) is 1.14. The van der Waals surface area contributed by atoms with Crippen LogP contribution in [-0.4, -0.2) is 31.1 Å². The van der Waals surface area contributed by atoms with Crippen molar-refractivity contribution in [1.82, 2.24) is 4.98 Å². The average molecular weight is 330 g/mol. The van der Waals surface area contributed by atoms with Gasteiger partial charge in [0.05, 0.1) is 10.0 Å². The van der Waals surface area contributed by atoms with Gasteiger partial charge < -0.3 is 0 Å². The summed E-state index contributed by atoms with van der Waals surface area (Å²) >= 11 is 11.5. The zero-order chi connectivity index (χ0) is 13.5. The van der Waals surface area contributed by atoms with Gasteiger partial charge in [-0.1, -0.05) is 23.2 Å². The topological polar surface area (TPSA) is 67.3 Å². The fourth-order valence-electron chi connectivity index (χ4n) is 1.64. The van der Waals surface area contributed by atoms with Crippen molar-refractivity contribution in [2.45, 2.75) is 11.7 Å². The molecule has 1 atom stereocenters. The zero-order valence-electron chi connectivity index (χ0n) is 8.81. The first-order valence-corrected chi connectivity index (χ1v) is 7.97. The van der Waals surface area contributed by atoms with Gasteiger partial charge in [-0.25, -0.2) is 13.4 Å². The zero-order valence-corrected chi connectivity index (χ0v) is 11.9. The number of carbonyl (C=O) groups is 1. The number of aromatic nitrogens is 1. The Labute approximate surface area is 118 Å². The van der Waals surface area contributed by atoms with E-state index in [1.807, 2.05) is 0 Å². The van der Waals surface area contributed by atoms with Crippen LogP contribution in [0.15, 0.2) is 12.3 Å². The summed E-state index contributed by atoms with van der Waals surface area (Å²) in [5, 5.41) is -0.428. The predicted molar refractivity (Wildman–Crippen MR) is 69.8 cm³/mol. The molecular formula is C9H7Cl3N2O3S. The van der Waals surface area contributed by atoms with Crippen LogP contribution in [0.3, 0.4) is 0 Å². The Bertz CT molecular complexity index is 605. The monoisotopic (exact) mass is 328 g/mol. The maximum atomic E-state index is 11.7. The molecule has 1 saturated heterocycles. The summed E-state index contributed by atoms with van der Waals surface area (Å²) < 4.78 is 22.4. The molecule has 1 fully saturated rings. The maximum absolute atomic E-state index is 11.7. The number of hydrogen-bond donors (Lipinski definition) is 0. The quantitative estimate of drug-likeness (QED) is 0.779. The highest BCUT2D eigenvalue weighted by molar-refractivity contribution is 8.14. The number of nitrogens with zero attached hydrogens (tertiary/aromatic N) is 2. The van der Waals surface area contributed by atoms with Crippen LogP contribution >= 0.6 is 33.9 Å². The summed E-state index contributed by atoms with van der Waals surface area (Å²) in [4.78, 5) is 16.9. The van der Waals surface area contributed by atoms with Crippen molar-refractivity contribution in [2.24, 2.45) is 0 Å². The maximum Gasteiger partial charge on any atom is 0.237 e.